The minimum absolute atomic E-state index is 0.00643. The zero-order valence-corrected chi connectivity index (χ0v) is 12.2. The summed E-state index contributed by atoms with van der Waals surface area (Å²) in [5, 5.41) is 0. The van der Waals surface area contributed by atoms with Gasteiger partial charge in [-0.15, -0.1) is 0 Å². The number of aromatic amines is 1. The predicted molar refractivity (Wildman–Crippen MR) is 82.9 cm³/mol. The van der Waals surface area contributed by atoms with Crippen LogP contribution in [-0.2, 0) is 6.18 Å². The van der Waals surface area contributed by atoms with Gasteiger partial charge in [-0.1, -0.05) is 24.3 Å². The van der Waals surface area contributed by atoms with Crippen LogP contribution in [0.4, 0.5) is 13.2 Å². The maximum absolute atomic E-state index is 13.0. The van der Waals surface area contributed by atoms with Gasteiger partial charge in [0.1, 0.15) is 5.76 Å². The van der Waals surface area contributed by atoms with Gasteiger partial charge in [-0.25, -0.2) is 9.78 Å². The molecule has 0 atom stereocenters. The van der Waals surface area contributed by atoms with E-state index in [4.69, 9.17) is 4.42 Å². The Morgan fingerprint density at radius 1 is 1.08 bits per heavy atom. The average molecular weight is 332 g/mol. The van der Waals surface area contributed by atoms with Crippen molar-refractivity contribution >= 4 is 12.2 Å². The number of benzene rings is 1. The van der Waals surface area contributed by atoms with Gasteiger partial charge in [-0.05, 0) is 29.8 Å². The van der Waals surface area contributed by atoms with E-state index in [0.29, 0.717) is 17.0 Å². The molecule has 3 rings (SSSR count). The van der Waals surface area contributed by atoms with E-state index in [1.165, 1.54) is 42.8 Å². The summed E-state index contributed by atoms with van der Waals surface area (Å²) in [7, 11) is 0. The van der Waals surface area contributed by atoms with Crippen molar-refractivity contribution in [2.24, 2.45) is 0 Å². The largest absolute Gasteiger partial charge is 0.464 e. The molecule has 0 fully saturated rings. The fourth-order valence-electron chi connectivity index (χ4n) is 2.24. The van der Waals surface area contributed by atoms with Gasteiger partial charge in [0.05, 0.1) is 23.1 Å². The molecule has 24 heavy (non-hydrogen) atoms. The van der Waals surface area contributed by atoms with Crippen LogP contribution in [0.15, 0.2) is 58.1 Å². The van der Waals surface area contributed by atoms with E-state index in [-0.39, 0.29) is 5.56 Å². The molecule has 0 aliphatic heterocycles. The third-order valence-corrected chi connectivity index (χ3v) is 3.33. The first-order valence-electron chi connectivity index (χ1n) is 6.92. The van der Waals surface area contributed by atoms with Gasteiger partial charge in [0.25, 0.3) is 0 Å². The van der Waals surface area contributed by atoms with Crippen LogP contribution in [0.2, 0.25) is 0 Å². The average Bonchev–Trinajstić information content (AvgIpc) is 3.06. The number of aromatic nitrogens is 2. The molecule has 0 saturated heterocycles. The molecule has 2 heterocycles. The van der Waals surface area contributed by atoms with E-state index in [1.54, 1.807) is 12.1 Å². The van der Waals surface area contributed by atoms with Crippen molar-refractivity contribution in [2.45, 2.75) is 6.18 Å². The Balaban J connectivity index is 2.05. The molecule has 3 aromatic rings. The number of nitrogens with one attached hydrogen (secondary N) is 1. The second-order valence-electron chi connectivity index (χ2n) is 4.91. The molecule has 0 unspecified atom stereocenters. The molecule has 0 aliphatic carbocycles. The highest BCUT2D eigenvalue weighted by Crippen LogP contribution is 2.33. The molecular formula is C17H11F3N2O2. The lowest BCUT2D eigenvalue weighted by Gasteiger charge is -2.09. The number of nitrogens with zero attached hydrogens (tertiary/aromatic N) is 1. The lowest BCUT2D eigenvalue weighted by atomic mass is 10.1. The number of hydrogen-bond donors (Lipinski definition) is 1. The topological polar surface area (TPSA) is 58.9 Å². The molecule has 0 spiro atoms. The molecule has 0 bridgehead atoms. The third-order valence-electron chi connectivity index (χ3n) is 3.33. The fourth-order valence-corrected chi connectivity index (χ4v) is 2.24. The molecule has 122 valence electrons. The summed E-state index contributed by atoms with van der Waals surface area (Å²) < 4.78 is 44.3. The molecule has 7 heteroatoms. The Labute approximate surface area is 134 Å². The Bertz CT molecular complexity index is 926. The van der Waals surface area contributed by atoms with E-state index < -0.39 is 17.4 Å². The summed E-state index contributed by atoms with van der Waals surface area (Å²) in [5.41, 5.74) is -0.582. The predicted octanol–water partition coefficient (Wildman–Crippen LogP) is 4.22. The molecule has 0 saturated carbocycles. The Kier molecular flexibility index (Phi) is 4.07. The van der Waals surface area contributed by atoms with E-state index >= 15 is 0 Å². The first-order valence-corrected chi connectivity index (χ1v) is 6.92. The van der Waals surface area contributed by atoms with Crippen LogP contribution >= 0.6 is 0 Å². The summed E-state index contributed by atoms with van der Waals surface area (Å²) in [6, 6.07) is 8.51. The van der Waals surface area contributed by atoms with Crippen LogP contribution in [0.3, 0.4) is 0 Å². The van der Waals surface area contributed by atoms with E-state index in [9.17, 15) is 18.0 Å². The van der Waals surface area contributed by atoms with Crippen molar-refractivity contribution in [3.63, 3.8) is 0 Å². The van der Waals surface area contributed by atoms with Gasteiger partial charge in [-0.3, -0.25) is 0 Å². The number of alkyl halides is 3. The molecule has 2 aromatic heterocycles. The molecule has 1 N–H and O–H groups in total. The van der Waals surface area contributed by atoms with Crippen molar-refractivity contribution in [2.75, 3.05) is 0 Å². The third kappa shape index (κ3) is 3.29. The van der Waals surface area contributed by atoms with E-state index in [2.05, 4.69) is 9.97 Å². The normalized spacial score (nSPS) is 12.0. The van der Waals surface area contributed by atoms with Gasteiger partial charge in [0.2, 0.25) is 0 Å². The van der Waals surface area contributed by atoms with Crippen LogP contribution in [0, 0.1) is 0 Å². The zero-order valence-electron chi connectivity index (χ0n) is 12.2. The van der Waals surface area contributed by atoms with Crippen LogP contribution in [-0.4, -0.2) is 9.97 Å². The van der Waals surface area contributed by atoms with Crippen LogP contribution in [0.1, 0.15) is 16.8 Å². The summed E-state index contributed by atoms with van der Waals surface area (Å²) in [6.07, 6.45) is 0.988. The fraction of sp³-hybridized carbons (Fsp3) is 0.0588. The van der Waals surface area contributed by atoms with Gasteiger partial charge < -0.3 is 9.40 Å². The summed E-state index contributed by atoms with van der Waals surface area (Å²) >= 11 is 0. The van der Waals surface area contributed by atoms with Gasteiger partial charge in [0, 0.05) is 6.20 Å². The van der Waals surface area contributed by atoms with Gasteiger partial charge in [0.15, 0.2) is 0 Å². The summed E-state index contributed by atoms with van der Waals surface area (Å²) in [5.74, 6) is 0.447. The molecule has 0 amide bonds. The summed E-state index contributed by atoms with van der Waals surface area (Å²) in [6.45, 7) is 0. The standard InChI is InChI=1S/C17H11F3N2O2/c18-17(19,20)13-5-2-1-4-11(13)7-8-14-12(10-21-16(23)22-14)15-6-3-9-24-15/h1-10H,(H,21,22,23). The Hall–Kier alpha value is -3.09. The lowest BCUT2D eigenvalue weighted by Crippen LogP contribution is -2.11. The van der Waals surface area contributed by atoms with E-state index in [1.807, 2.05) is 0 Å². The van der Waals surface area contributed by atoms with Gasteiger partial charge in [-0.2, -0.15) is 13.2 Å². The highest BCUT2D eigenvalue weighted by molar-refractivity contribution is 5.77. The Morgan fingerprint density at radius 2 is 1.88 bits per heavy atom. The van der Waals surface area contributed by atoms with Crippen molar-refractivity contribution in [1.82, 2.24) is 9.97 Å². The molecule has 4 nitrogen and oxygen atoms in total. The van der Waals surface area contributed by atoms with Crippen LogP contribution in [0.25, 0.3) is 23.5 Å². The number of rotatable bonds is 3. The quantitative estimate of drug-likeness (QED) is 0.781. The van der Waals surface area contributed by atoms with E-state index in [0.717, 1.165) is 6.07 Å². The zero-order chi connectivity index (χ0) is 17.2. The maximum atomic E-state index is 13.0. The number of H-pyrrole nitrogens is 1. The second kappa shape index (κ2) is 6.19. The minimum Gasteiger partial charge on any atom is -0.464 e. The number of halogens is 3. The summed E-state index contributed by atoms with van der Waals surface area (Å²) in [4.78, 5) is 17.6. The van der Waals surface area contributed by atoms with Crippen molar-refractivity contribution in [3.8, 4) is 11.3 Å². The molecule has 0 radical (unpaired) electrons. The highest BCUT2D eigenvalue weighted by Gasteiger charge is 2.32. The first kappa shape index (κ1) is 15.8. The number of hydrogen-bond acceptors (Lipinski definition) is 3. The van der Waals surface area contributed by atoms with Crippen molar-refractivity contribution in [1.29, 1.82) is 0 Å². The molecule has 0 aliphatic rings. The SMILES string of the molecule is O=c1ncc(-c2ccco2)c(C=Cc2ccccc2C(F)(F)F)[nH]1. The monoisotopic (exact) mass is 332 g/mol. The van der Waals surface area contributed by atoms with Gasteiger partial charge >= 0.3 is 11.9 Å². The second-order valence-corrected chi connectivity index (χ2v) is 4.91. The number of furan rings is 1. The van der Waals surface area contributed by atoms with Crippen LogP contribution in [0.5, 0.6) is 0 Å². The Morgan fingerprint density at radius 3 is 2.58 bits per heavy atom. The first-order chi connectivity index (χ1) is 11.4. The van der Waals surface area contributed by atoms with Crippen LogP contribution < -0.4 is 5.69 Å². The van der Waals surface area contributed by atoms with Crippen molar-refractivity contribution in [3.05, 3.63) is 76.2 Å². The maximum Gasteiger partial charge on any atom is 0.416 e. The lowest BCUT2D eigenvalue weighted by molar-refractivity contribution is -0.137. The molecular weight excluding hydrogens is 321 g/mol. The molecule has 1 aromatic carbocycles. The smallest absolute Gasteiger partial charge is 0.416 e. The van der Waals surface area contributed by atoms with Crippen molar-refractivity contribution < 1.29 is 17.6 Å². The minimum atomic E-state index is -4.46. The highest BCUT2D eigenvalue weighted by atomic mass is 19.4.